The summed E-state index contributed by atoms with van der Waals surface area (Å²) in [7, 11) is 0. The first-order chi connectivity index (χ1) is 16.4. The SMILES string of the molecule is O=C(Cc1ccccc1)N(Cc1ccccc1)Cc1cccn1Cc1cccc(C(F)(F)F)c1. The van der Waals surface area contributed by atoms with E-state index in [0.29, 0.717) is 18.7 Å². The molecule has 4 aromatic rings. The molecule has 0 radical (unpaired) electrons. The number of hydrogen-bond donors (Lipinski definition) is 0. The first-order valence-corrected chi connectivity index (χ1v) is 11.0. The number of alkyl halides is 3. The third-order valence-electron chi connectivity index (χ3n) is 5.65. The fourth-order valence-corrected chi connectivity index (χ4v) is 3.90. The first-order valence-electron chi connectivity index (χ1n) is 11.0. The number of hydrogen-bond acceptors (Lipinski definition) is 1. The highest BCUT2D eigenvalue weighted by Gasteiger charge is 2.30. The van der Waals surface area contributed by atoms with Crippen LogP contribution in [0.25, 0.3) is 0 Å². The maximum atomic E-state index is 13.3. The number of aromatic nitrogens is 1. The highest BCUT2D eigenvalue weighted by atomic mass is 19.4. The lowest BCUT2D eigenvalue weighted by Gasteiger charge is -2.24. The van der Waals surface area contributed by atoms with Crippen molar-refractivity contribution in [1.29, 1.82) is 0 Å². The molecule has 0 atom stereocenters. The van der Waals surface area contributed by atoms with Crippen molar-refractivity contribution in [3.8, 4) is 0 Å². The van der Waals surface area contributed by atoms with Gasteiger partial charge in [-0.3, -0.25) is 4.79 Å². The van der Waals surface area contributed by atoms with Gasteiger partial charge >= 0.3 is 6.18 Å². The summed E-state index contributed by atoms with van der Waals surface area (Å²) in [6.45, 7) is 1.09. The summed E-state index contributed by atoms with van der Waals surface area (Å²) in [6.07, 6.45) is -2.27. The van der Waals surface area contributed by atoms with Crippen molar-refractivity contribution in [2.24, 2.45) is 0 Å². The van der Waals surface area contributed by atoms with Crippen molar-refractivity contribution in [2.45, 2.75) is 32.2 Å². The Kier molecular flexibility index (Phi) is 7.16. The van der Waals surface area contributed by atoms with Crippen LogP contribution in [0.2, 0.25) is 0 Å². The first kappa shape index (κ1) is 23.4. The summed E-state index contributed by atoms with van der Waals surface area (Å²) in [5.41, 5.74) is 2.69. The lowest BCUT2D eigenvalue weighted by molar-refractivity contribution is -0.137. The lowest BCUT2D eigenvalue weighted by atomic mass is 10.1. The Morgan fingerprint density at radius 2 is 1.38 bits per heavy atom. The van der Waals surface area contributed by atoms with Crippen molar-refractivity contribution >= 4 is 5.91 Å². The molecule has 0 aliphatic rings. The maximum Gasteiger partial charge on any atom is 0.416 e. The fourth-order valence-electron chi connectivity index (χ4n) is 3.90. The molecule has 0 saturated carbocycles. The van der Waals surface area contributed by atoms with Crippen molar-refractivity contribution < 1.29 is 18.0 Å². The number of nitrogens with zero attached hydrogens (tertiary/aromatic N) is 2. The van der Waals surface area contributed by atoms with Gasteiger partial charge in [-0.15, -0.1) is 0 Å². The van der Waals surface area contributed by atoms with Gasteiger partial charge in [-0.25, -0.2) is 0 Å². The minimum absolute atomic E-state index is 0.0122. The van der Waals surface area contributed by atoms with E-state index >= 15 is 0 Å². The average molecular weight is 463 g/mol. The number of halogens is 3. The van der Waals surface area contributed by atoms with Gasteiger partial charge in [0.15, 0.2) is 0 Å². The molecule has 0 saturated heterocycles. The smallest absolute Gasteiger partial charge is 0.345 e. The van der Waals surface area contributed by atoms with Crippen LogP contribution in [0.15, 0.2) is 103 Å². The normalized spacial score (nSPS) is 11.4. The van der Waals surface area contributed by atoms with Gasteiger partial charge in [0.25, 0.3) is 0 Å². The molecule has 1 heterocycles. The predicted molar refractivity (Wildman–Crippen MR) is 126 cm³/mol. The molecule has 34 heavy (non-hydrogen) atoms. The van der Waals surface area contributed by atoms with Crippen molar-refractivity contribution in [1.82, 2.24) is 9.47 Å². The Morgan fingerprint density at radius 1 is 0.735 bits per heavy atom. The predicted octanol–water partition coefficient (Wildman–Crippen LogP) is 6.33. The van der Waals surface area contributed by atoms with Gasteiger partial charge in [0, 0.05) is 25.0 Å². The van der Waals surface area contributed by atoms with E-state index in [-0.39, 0.29) is 18.9 Å². The third-order valence-corrected chi connectivity index (χ3v) is 5.65. The van der Waals surface area contributed by atoms with Crippen LogP contribution >= 0.6 is 0 Å². The molecular formula is C28H25F3N2O. The van der Waals surface area contributed by atoms with Crippen LogP contribution in [0.4, 0.5) is 13.2 Å². The van der Waals surface area contributed by atoms with Crippen LogP contribution in [-0.4, -0.2) is 15.4 Å². The Hall–Kier alpha value is -3.80. The molecule has 0 unspecified atom stereocenters. The van der Waals surface area contributed by atoms with Gasteiger partial charge in [0.2, 0.25) is 5.91 Å². The Morgan fingerprint density at radius 3 is 2.06 bits per heavy atom. The Bertz CT molecular complexity index is 1220. The van der Waals surface area contributed by atoms with E-state index in [0.717, 1.165) is 22.9 Å². The van der Waals surface area contributed by atoms with Crippen LogP contribution in [0, 0.1) is 0 Å². The van der Waals surface area contributed by atoms with Gasteiger partial charge in [0.05, 0.1) is 18.5 Å². The molecule has 3 nitrogen and oxygen atoms in total. The van der Waals surface area contributed by atoms with Gasteiger partial charge in [0.1, 0.15) is 0 Å². The second kappa shape index (κ2) is 10.4. The number of rotatable bonds is 8. The van der Waals surface area contributed by atoms with E-state index < -0.39 is 11.7 Å². The van der Waals surface area contributed by atoms with Gasteiger partial charge in [-0.05, 0) is 41.0 Å². The molecule has 0 bridgehead atoms. The molecule has 0 aliphatic heterocycles. The summed E-state index contributed by atoms with van der Waals surface area (Å²) in [6, 6.07) is 28.4. The standard InChI is InChI=1S/C28H25F3N2O/c29-28(30,31)25-14-7-13-24(17-25)20-32-16-8-15-26(32)21-33(19-23-11-5-2-6-12-23)27(34)18-22-9-3-1-4-10-22/h1-17H,18-21H2. The maximum absolute atomic E-state index is 13.3. The van der Waals surface area contributed by atoms with E-state index in [1.165, 1.54) is 12.1 Å². The quantitative estimate of drug-likeness (QED) is 0.301. The van der Waals surface area contributed by atoms with Crippen LogP contribution in [-0.2, 0) is 37.0 Å². The summed E-state index contributed by atoms with van der Waals surface area (Å²) in [5, 5.41) is 0. The van der Waals surface area contributed by atoms with Crippen LogP contribution in [0.5, 0.6) is 0 Å². The van der Waals surface area contributed by atoms with Gasteiger partial charge in [-0.1, -0.05) is 72.8 Å². The Balaban J connectivity index is 1.55. The molecule has 0 aliphatic carbocycles. The minimum Gasteiger partial charge on any atom is -0.345 e. The van der Waals surface area contributed by atoms with Crippen LogP contribution in [0.3, 0.4) is 0 Å². The number of amides is 1. The molecular weight excluding hydrogens is 437 g/mol. The summed E-state index contributed by atoms with van der Waals surface area (Å²) in [5.74, 6) is -0.0122. The monoisotopic (exact) mass is 462 g/mol. The minimum atomic E-state index is -4.38. The molecule has 6 heteroatoms. The number of carbonyl (C=O) groups excluding carboxylic acids is 1. The molecule has 174 valence electrons. The van der Waals surface area contributed by atoms with E-state index in [4.69, 9.17) is 0 Å². The molecule has 0 N–H and O–H groups in total. The van der Waals surface area contributed by atoms with Crippen molar-refractivity contribution in [3.05, 3.63) is 131 Å². The number of carbonyl (C=O) groups is 1. The molecule has 4 rings (SSSR count). The largest absolute Gasteiger partial charge is 0.416 e. The van der Waals surface area contributed by atoms with Crippen LogP contribution < -0.4 is 0 Å². The molecule has 3 aromatic carbocycles. The van der Waals surface area contributed by atoms with Gasteiger partial charge in [-0.2, -0.15) is 13.2 Å². The second-order valence-electron chi connectivity index (χ2n) is 8.22. The van der Waals surface area contributed by atoms with E-state index in [2.05, 4.69) is 0 Å². The average Bonchev–Trinajstić information content (AvgIpc) is 3.26. The molecule has 0 fully saturated rings. The van der Waals surface area contributed by atoms with E-state index in [1.54, 1.807) is 11.0 Å². The molecule has 1 aromatic heterocycles. The van der Waals surface area contributed by atoms with Gasteiger partial charge < -0.3 is 9.47 Å². The van der Waals surface area contributed by atoms with Crippen molar-refractivity contribution in [3.63, 3.8) is 0 Å². The molecule has 0 spiro atoms. The zero-order chi connectivity index (χ0) is 24.0. The zero-order valence-electron chi connectivity index (χ0n) is 18.6. The second-order valence-corrected chi connectivity index (χ2v) is 8.22. The fraction of sp³-hybridized carbons (Fsp3) is 0.179. The van der Waals surface area contributed by atoms with Crippen LogP contribution in [0.1, 0.15) is 27.9 Å². The molecule has 1 amide bonds. The highest BCUT2D eigenvalue weighted by Crippen LogP contribution is 2.29. The highest BCUT2D eigenvalue weighted by molar-refractivity contribution is 5.78. The zero-order valence-corrected chi connectivity index (χ0v) is 18.6. The summed E-state index contributed by atoms with van der Waals surface area (Å²) < 4.78 is 41.3. The summed E-state index contributed by atoms with van der Waals surface area (Å²) in [4.78, 5) is 15.1. The number of benzene rings is 3. The third kappa shape index (κ3) is 6.16. The topological polar surface area (TPSA) is 25.2 Å². The Labute approximate surface area is 197 Å². The van der Waals surface area contributed by atoms with Crippen molar-refractivity contribution in [2.75, 3.05) is 0 Å². The van der Waals surface area contributed by atoms with E-state index in [1.807, 2.05) is 83.6 Å². The van der Waals surface area contributed by atoms with E-state index in [9.17, 15) is 18.0 Å². The lowest BCUT2D eigenvalue weighted by Crippen LogP contribution is -2.32. The summed E-state index contributed by atoms with van der Waals surface area (Å²) >= 11 is 0.